The fourth-order valence-electron chi connectivity index (χ4n) is 0.711. The molecule has 0 amide bonds. The van der Waals surface area contributed by atoms with Crippen LogP contribution in [0.4, 0.5) is 0 Å². The minimum absolute atomic E-state index is 0. The number of carboxylic acids is 1. The number of carboxylic acid groups (broad SMARTS) is 1. The molecule has 0 heterocycles. The first-order valence-electron chi connectivity index (χ1n) is 4.31. The molecule has 0 saturated carbocycles. The molecule has 3 N–H and O–H groups in total. The first kappa shape index (κ1) is 17.3. The van der Waals surface area contributed by atoms with Gasteiger partial charge in [0, 0.05) is 6.54 Å². The second-order valence-corrected chi connectivity index (χ2v) is 2.80. The summed E-state index contributed by atoms with van der Waals surface area (Å²) in [7, 11) is 0. The number of unbranched alkanes of at least 4 members (excludes halogenated alkanes) is 1. The number of rotatable bonds is 6. The van der Waals surface area contributed by atoms with E-state index in [0.717, 1.165) is 6.42 Å². The average molecular weight is 227 g/mol. The van der Waals surface area contributed by atoms with Crippen LogP contribution in [0.2, 0.25) is 0 Å². The third kappa shape index (κ3) is 6.86. The van der Waals surface area contributed by atoms with E-state index in [4.69, 9.17) is 15.3 Å². The zero-order valence-corrected chi connectivity index (χ0v) is 10.9. The normalized spacial score (nSPS) is 15.3. The zero-order chi connectivity index (χ0) is 11.1. The maximum Gasteiger partial charge on any atom is 1.00 e. The summed E-state index contributed by atoms with van der Waals surface area (Å²) in [6.07, 6.45) is -2.55. The second kappa shape index (κ2) is 9.11. The molecule has 0 fully saturated rings. The van der Waals surface area contributed by atoms with Crippen LogP contribution in [0, 0.1) is 0 Å². The van der Waals surface area contributed by atoms with Crippen LogP contribution in [0.25, 0.3) is 0 Å². The van der Waals surface area contributed by atoms with Gasteiger partial charge in [-0.15, -0.1) is 0 Å². The maximum absolute atomic E-state index is 10.9. The van der Waals surface area contributed by atoms with Gasteiger partial charge in [-0.25, -0.2) is 4.79 Å². The van der Waals surface area contributed by atoms with Crippen LogP contribution in [0.15, 0.2) is 4.99 Å². The topological polar surface area (TPSA) is 113 Å². The largest absolute Gasteiger partial charge is 1.00 e. The smallest absolute Gasteiger partial charge is 0.860 e. The van der Waals surface area contributed by atoms with Crippen LogP contribution < -0.4 is 34.7 Å². The Balaban J connectivity index is 0. The molecule has 7 heteroatoms. The summed E-state index contributed by atoms with van der Waals surface area (Å²) < 4.78 is 0. The van der Waals surface area contributed by atoms with Crippen molar-refractivity contribution in [2.45, 2.75) is 32.0 Å². The van der Waals surface area contributed by atoms with Crippen LogP contribution in [0.5, 0.6) is 0 Å². The van der Waals surface area contributed by atoms with Crippen molar-refractivity contribution < 1.29 is 54.8 Å². The van der Waals surface area contributed by atoms with E-state index in [1.807, 2.05) is 6.92 Å². The van der Waals surface area contributed by atoms with E-state index < -0.39 is 24.1 Å². The maximum atomic E-state index is 10.9. The summed E-state index contributed by atoms with van der Waals surface area (Å²) in [6, 6.07) is 0. The molecule has 2 atom stereocenters. The molecule has 0 spiro atoms. The Hall–Kier alpha value is -0.140. The minimum atomic E-state index is -2.10. The third-order valence-electron chi connectivity index (χ3n) is 1.58. The Morgan fingerprint density at radius 2 is 1.93 bits per heavy atom. The van der Waals surface area contributed by atoms with Crippen molar-refractivity contribution in [3.8, 4) is 0 Å². The molecule has 2 unspecified atom stereocenters. The molecule has 82 valence electrons. The summed E-state index contributed by atoms with van der Waals surface area (Å²) in [5.41, 5.74) is 0. The molecule has 0 aromatic heterocycles. The molecule has 0 aromatic carbocycles. The molecular weight excluding hydrogens is 213 g/mol. The summed E-state index contributed by atoms with van der Waals surface area (Å²) in [5.74, 6) is -2.63. The van der Waals surface area contributed by atoms with Crippen molar-refractivity contribution >= 4 is 11.9 Å². The molecule has 6 nitrogen and oxygen atoms in total. The van der Waals surface area contributed by atoms with Crippen LogP contribution in [-0.2, 0) is 4.79 Å². The average Bonchev–Trinajstić information content (AvgIpc) is 2.15. The van der Waals surface area contributed by atoms with Crippen LogP contribution in [0.3, 0.4) is 0 Å². The predicted molar refractivity (Wildman–Crippen MR) is 46.9 cm³/mol. The third-order valence-corrected chi connectivity index (χ3v) is 1.58. The van der Waals surface area contributed by atoms with Crippen molar-refractivity contribution in [3.63, 3.8) is 0 Å². The Bertz CT molecular complexity index is 221. The number of aliphatic hydroxyl groups excluding tert-OH is 2. The SMILES string of the molecule is CCCCN=C([O-])C(O)C(O)C(=O)O.[Na+]. The Labute approximate surface area is 110 Å². The number of aliphatic hydroxyl groups is 2. The second-order valence-electron chi connectivity index (χ2n) is 2.80. The van der Waals surface area contributed by atoms with Gasteiger partial charge in [0.2, 0.25) is 0 Å². The molecular formula is C8H14NNaO5. The fraction of sp³-hybridized carbons (Fsp3) is 0.750. The number of hydrogen-bond donors (Lipinski definition) is 3. The molecule has 0 aliphatic rings. The van der Waals surface area contributed by atoms with Gasteiger partial charge in [-0.2, -0.15) is 0 Å². The molecule has 0 rings (SSSR count). The molecule has 0 aromatic rings. The fourth-order valence-corrected chi connectivity index (χ4v) is 0.711. The van der Waals surface area contributed by atoms with E-state index in [2.05, 4.69) is 4.99 Å². The molecule has 15 heavy (non-hydrogen) atoms. The van der Waals surface area contributed by atoms with Crippen LogP contribution >= 0.6 is 0 Å². The van der Waals surface area contributed by atoms with Gasteiger partial charge in [-0.1, -0.05) is 13.3 Å². The number of aliphatic carboxylic acids is 1. The van der Waals surface area contributed by atoms with Gasteiger partial charge < -0.3 is 25.4 Å². The van der Waals surface area contributed by atoms with Gasteiger partial charge >= 0.3 is 35.5 Å². The number of carbonyl (C=O) groups is 1. The zero-order valence-electron chi connectivity index (χ0n) is 8.88. The first-order valence-corrected chi connectivity index (χ1v) is 4.31. The Kier molecular flexibility index (Phi) is 10.5. The van der Waals surface area contributed by atoms with E-state index in [9.17, 15) is 9.90 Å². The van der Waals surface area contributed by atoms with Gasteiger partial charge in [0.05, 0.1) is 0 Å². The standard InChI is InChI=1S/C8H15NO5.Na/c1-2-3-4-9-7(12)5(10)6(11)8(13)14;/h5-6,10-11H,2-4H2,1H3,(H,9,12)(H,13,14);/q;+1/p-1. The number of nitrogens with zero attached hydrogens (tertiary/aromatic N) is 1. The molecule has 0 aliphatic carbocycles. The number of aliphatic imine (C=N–C) groups is 1. The number of hydrogen-bond acceptors (Lipinski definition) is 5. The summed E-state index contributed by atoms with van der Waals surface area (Å²) in [4.78, 5) is 13.6. The van der Waals surface area contributed by atoms with E-state index >= 15 is 0 Å². The van der Waals surface area contributed by atoms with Crippen LogP contribution in [0.1, 0.15) is 19.8 Å². The van der Waals surface area contributed by atoms with Crippen molar-refractivity contribution in [2.75, 3.05) is 6.54 Å². The monoisotopic (exact) mass is 227 g/mol. The van der Waals surface area contributed by atoms with Gasteiger partial charge in [0.1, 0.15) is 6.10 Å². The van der Waals surface area contributed by atoms with E-state index in [1.165, 1.54) is 0 Å². The van der Waals surface area contributed by atoms with E-state index in [1.54, 1.807) is 0 Å². The Morgan fingerprint density at radius 1 is 1.40 bits per heavy atom. The summed E-state index contributed by atoms with van der Waals surface area (Å²) in [6.45, 7) is 2.14. The quantitative estimate of drug-likeness (QED) is 0.183. The molecule has 0 saturated heterocycles. The summed E-state index contributed by atoms with van der Waals surface area (Å²) in [5, 5.41) is 37.0. The van der Waals surface area contributed by atoms with Gasteiger partial charge in [-0.3, -0.25) is 0 Å². The first-order chi connectivity index (χ1) is 6.50. The van der Waals surface area contributed by atoms with Crippen molar-refractivity contribution in [3.05, 3.63) is 0 Å². The van der Waals surface area contributed by atoms with Gasteiger partial charge in [0.25, 0.3) is 0 Å². The molecule has 0 radical (unpaired) electrons. The van der Waals surface area contributed by atoms with Crippen molar-refractivity contribution in [1.29, 1.82) is 0 Å². The van der Waals surface area contributed by atoms with Gasteiger partial charge in [0.15, 0.2) is 6.10 Å². The van der Waals surface area contributed by atoms with E-state index in [0.29, 0.717) is 6.42 Å². The molecule has 0 bridgehead atoms. The predicted octanol–water partition coefficient (Wildman–Crippen LogP) is -4.64. The molecule has 0 aliphatic heterocycles. The minimum Gasteiger partial charge on any atom is -0.860 e. The Morgan fingerprint density at radius 3 is 2.33 bits per heavy atom. The summed E-state index contributed by atoms with van der Waals surface area (Å²) >= 11 is 0. The van der Waals surface area contributed by atoms with Gasteiger partial charge in [-0.05, 0) is 12.3 Å². The van der Waals surface area contributed by atoms with E-state index in [-0.39, 0.29) is 36.1 Å². The van der Waals surface area contributed by atoms with Crippen molar-refractivity contribution in [2.24, 2.45) is 4.99 Å². The van der Waals surface area contributed by atoms with Crippen molar-refractivity contribution in [1.82, 2.24) is 0 Å². The van der Waals surface area contributed by atoms with Crippen LogP contribution in [-0.4, -0.2) is 45.9 Å².